The van der Waals surface area contributed by atoms with E-state index in [0.717, 1.165) is 31.2 Å². The van der Waals surface area contributed by atoms with Crippen molar-refractivity contribution >= 4 is 5.91 Å². The fraction of sp³-hybridized carbons (Fsp3) is 0.429. The Morgan fingerprint density at radius 3 is 2.52 bits per heavy atom. The predicted octanol–water partition coefficient (Wildman–Crippen LogP) is 2.65. The van der Waals surface area contributed by atoms with Crippen molar-refractivity contribution in [3.8, 4) is 5.75 Å². The van der Waals surface area contributed by atoms with Crippen LogP contribution in [0.4, 0.5) is 0 Å². The Bertz CT molecular complexity index is 824. The molecule has 27 heavy (non-hydrogen) atoms. The van der Waals surface area contributed by atoms with E-state index in [1.54, 1.807) is 24.9 Å². The van der Waals surface area contributed by atoms with Crippen molar-refractivity contribution < 1.29 is 14.3 Å². The number of benzene rings is 1. The van der Waals surface area contributed by atoms with Crippen LogP contribution in [0.15, 0.2) is 47.4 Å². The molecule has 144 valence electrons. The number of carbonyl (C=O) groups excluding carboxylic acids is 1. The van der Waals surface area contributed by atoms with Crippen LogP contribution < -0.4 is 15.5 Å². The van der Waals surface area contributed by atoms with E-state index in [1.165, 1.54) is 6.07 Å². The van der Waals surface area contributed by atoms with Gasteiger partial charge in [-0.3, -0.25) is 9.59 Å². The molecule has 0 radical (unpaired) electrons. The predicted molar refractivity (Wildman–Crippen MR) is 103 cm³/mol. The summed E-state index contributed by atoms with van der Waals surface area (Å²) in [6, 6.07) is 11.1. The lowest BCUT2D eigenvalue weighted by Crippen LogP contribution is -2.40. The summed E-state index contributed by atoms with van der Waals surface area (Å²) in [5.41, 5.74) is 0.900. The molecular weight excluding hydrogens is 344 g/mol. The van der Waals surface area contributed by atoms with Crippen molar-refractivity contribution in [3.05, 3.63) is 64.1 Å². The van der Waals surface area contributed by atoms with Crippen LogP contribution in [0.2, 0.25) is 0 Å². The summed E-state index contributed by atoms with van der Waals surface area (Å²) in [4.78, 5) is 25.2. The number of hydrogen-bond donors (Lipinski definition) is 1. The van der Waals surface area contributed by atoms with Crippen LogP contribution in [0.3, 0.4) is 0 Å². The molecule has 1 aliphatic rings. The molecule has 1 aliphatic carbocycles. The Balaban J connectivity index is 1.74. The second kappa shape index (κ2) is 8.86. The van der Waals surface area contributed by atoms with E-state index < -0.39 is 0 Å². The highest BCUT2D eigenvalue weighted by Gasteiger charge is 2.25. The van der Waals surface area contributed by atoms with Crippen LogP contribution in [0.1, 0.15) is 41.7 Å². The fourth-order valence-corrected chi connectivity index (χ4v) is 3.44. The van der Waals surface area contributed by atoms with Crippen molar-refractivity contribution in [1.29, 1.82) is 0 Å². The van der Waals surface area contributed by atoms with Crippen LogP contribution in [0.5, 0.6) is 5.75 Å². The summed E-state index contributed by atoms with van der Waals surface area (Å²) >= 11 is 0. The third kappa shape index (κ3) is 4.77. The summed E-state index contributed by atoms with van der Waals surface area (Å²) < 4.78 is 12.8. The SMILES string of the molecule is COC1CCC(NC(=O)c2c(OCc3ccccc3)c(=O)ccn2C)CC1. The lowest BCUT2D eigenvalue weighted by molar-refractivity contribution is 0.0596. The largest absolute Gasteiger partial charge is 0.483 e. The number of methoxy groups -OCH3 is 1. The number of amides is 1. The average molecular weight is 370 g/mol. The summed E-state index contributed by atoms with van der Waals surface area (Å²) in [6.45, 7) is 0.235. The van der Waals surface area contributed by atoms with E-state index in [0.29, 0.717) is 0 Å². The molecule has 1 saturated carbocycles. The van der Waals surface area contributed by atoms with E-state index in [4.69, 9.17) is 9.47 Å². The summed E-state index contributed by atoms with van der Waals surface area (Å²) in [5.74, 6) is -0.189. The van der Waals surface area contributed by atoms with Crippen molar-refractivity contribution in [3.63, 3.8) is 0 Å². The summed E-state index contributed by atoms with van der Waals surface area (Å²) in [6.07, 6.45) is 5.44. The van der Waals surface area contributed by atoms with Gasteiger partial charge in [-0.15, -0.1) is 0 Å². The normalized spacial score (nSPS) is 19.5. The number of aryl methyl sites for hydroxylation is 1. The van der Waals surface area contributed by atoms with Gasteiger partial charge in [0.05, 0.1) is 6.10 Å². The third-order valence-corrected chi connectivity index (χ3v) is 5.02. The molecule has 2 aromatic rings. The topological polar surface area (TPSA) is 69.6 Å². The van der Waals surface area contributed by atoms with Crippen molar-refractivity contribution in [2.75, 3.05) is 7.11 Å². The van der Waals surface area contributed by atoms with Crippen molar-refractivity contribution in [1.82, 2.24) is 9.88 Å². The van der Waals surface area contributed by atoms with Crippen LogP contribution in [0.25, 0.3) is 0 Å². The lowest BCUT2D eigenvalue weighted by Gasteiger charge is -2.28. The van der Waals surface area contributed by atoms with Gasteiger partial charge in [0.1, 0.15) is 6.61 Å². The molecule has 6 heteroatoms. The zero-order valence-corrected chi connectivity index (χ0v) is 15.8. The van der Waals surface area contributed by atoms with Crippen molar-refractivity contribution in [2.24, 2.45) is 7.05 Å². The zero-order valence-electron chi connectivity index (χ0n) is 15.8. The maximum absolute atomic E-state index is 12.9. The van der Waals surface area contributed by atoms with E-state index in [-0.39, 0.29) is 41.5 Å². The van der Waals surface area contributed by atoms with E-state index in [1.807, 2.05) is 30.3 Å². The van der Waals surface area contributed by atoms with Crippen LogP contribution in [0, 0.1) is 0 Å². The average Bonchev–Trinajstić information content (AvgIpc) is 2.69. The first-order valence-electron chi connectivity index (χ1n) is 9.28. The maximum atomic E-state index is 12.9. The molecule has 0 aliphatic heterocycles. The molecule has 1 fully saturated rings. The minimum atomic E-state index is -0.294. The number of ether oxygens (including phenoxy) is 2. The number of nitrogens with one attached hydrogen (secondary N) is 1. The third-order valence-electron chi connectivity index (χ3n) is 5.02. The van der Waals surface area contributed by atoms with Gasteiger partial charge in [0.25, 0.3) is 5.91 Å². The second-order valence-corrected chi connectivity index (χ2v) is 6.93. The van der Waals surface area contributed by atoms with Gasteiger partial charge in [-0.1, -0.05) is 30.3 Å². The van der Waals surface area contributed by atoms with E-state index >= 15 is 0 Å². The molecule has 0 atom stereocenters. The second-order valence-electron chi connectivity index (χ2n) is 6.93. The zero-order chi connectivity index (χ0) is 19.2. The quantitative estimate of drug-likeness (QED) is 0.849. The molecule has 3 rings (SSSR count). The molecule has 6 nitrogen and oxygen atoms in total. The monoisotopic (exact) mass is 370 g/mol. The number of pyridine rings is 1. The molecule has 0 unspecified atom stereocenters. The first-order chi connectivity index (χ1) is 13.1. The number of aromatic nitrogens is 1. The molecule has 1 heterocycles. The van der Waals surface area contributed by atoms with Gasteiger partial charge in [-0.05, 0) is 31.2 Å². The Morgan fingerprint density at radius 1 is 1.15 bits per heavy atom. The fourth-order valence-electron chi connectivity index (χ4n) is 3.44. The summed E-state index contributed by atoms with van der Waals surface area (Å²) in [7, 11) is 3.46. The number of rotatable bonds is 6. The number of carbonyl (C=O) groups is 1. The molecule has 1 aromatic heterocycles. The Labute approximate surface area is 159 Å². The Hall–Kier alpha value is -2.60. The highest BCUT2D eigenvalue weighted by atomic mass is 16.5. The minimum Gasteiger partial charge on any atom is -0.483 e. The Morgan fingerprint density at radius 2 is 1.85 bits per heavy atom. The standard InChI is InChI=1S/C21H26N2O4/c1-23-13-12-18(24)20(27-14-15-6-4-3-5-7-15)19(23)21(25)22-16-8-10-17(26-2)11-9-16/h3-7,12-13,16-17H,8-11,14H2,1-2H3,(H,22,25). The number of nitrogens with zero attached hydrogens (tertiary/aromatic N) is 1. The van der Waals surface area contributed by atoms with Crippen LogP contribution >= 0.6 is 0 Å². The van der Waals surface area contributed by atoms with E-state index in [2.05, 4.69) is 5.32 Å². The van der Waals surface area contributed by atoms with Gasteiger partial charge in [-0.25, -0.2) is 0 Å². The molecule has 0 spiro atoms. The van der Waals surface area contributed by atoms with Gasteiger partial charge >= 0.3 is 0 Å². The highest BCUT2D eigenvalue weighted by Crippen LogP contribution is 2.22. The first kappa shape index (κ1) is 19.2. The molecular formula is C21H26N2O4. The number of hydrogen-bond acceptors (Lipinski definition) is 4. The molecule has 0 saturated heterocycles. The highest BCUT2D eigenvalue weighted by molar-refractivity contribution is 5.95. The Kier molecular flexibility index (Phi) is 6.29. The van der Waals surface area contributed by atoms with Gasteiger partial charge in [0.15, 0.2) is 11.4 Å². The maximum Gasteiger partial charge on any atom is 0.272 e. The van der Waals surface area contributed by atoms with Crippen LogP contribution in [-0.4, -0.2) is 29.7 Å². The molecule has 0 bridgehead atoms. The van der Waals surface area contributed by atoms with Gasteiger partial charge in [-0.2, -0.15) is 0 Å². The van der Waals surface area contributed by atoms with Gasteiger partial charge in [0.2, 0.25) is 5.43 Å². The minimum absolute atomic E-state index is 0.0844. The van der Waals surface area contributed by atoms with Gasteiger partial charge in [0, 0.05) is 32.5 Å². The van der Waals surface area contributed by atoms with E-state index in [9.17, 15) is 9.59 Å². The first-order valence-corrected chi connectivity index (χ1v) is 9.28. The molecule has 1 amide bonds. The lowest BCUT2D eigenvalue weighted by atomic mass is 9.93. The van der Waals surface area contributed by atoms with Gasteiger partial charge < -0.3 is 19.4 Å². The van der Waals surface area contributed by atoms with Crippen LogP contribution in [-0.2, 0) is 18.4 Å². The smallest absolute Gasteiger partial charge is 0.272 e. The summed E-state index contributed by atoms with van der Waals surface area (Å²) in [5, 5.41) is 3.05. The molecule has 1 aromatic carbocycles. The van der Waals surface area contributed by atoms with Crippen molar-refractivity contribution in [2.45, 2.75) is 44.4 Å². The molecule has 1 N–H and O–H groups in total.